The molecule has 4 N–H and O–H groups in total. The quantitative estimate of drug-likeness (QED) is 0.408. The predicted molar refractivity (Wildman–Crippen MR) is 114 cm³/mol. The summed E-state index contributed by atoms with van der Waals surface area (Å²) in [6.45, 7) is 5.28. The first-order chi connectivity index (χ1) is 13.7. The third-order valence-corrected chi connectivity index (χ3v) is 5.91. The van der Waals surface area contributed by atoms with Crippen molar-refractivity contribution in [2.75, 3.05) is 5.32 Å². The van der Waals surface area contributed by atoms with E-state index in [0.29, 0.717) is 0 Å². The Morgan fingerprint density at radius 3 is 2.48 bits per heavy atom. The highest BCUT2D eigenvalue weighted by atomic mass is 32.2. The number of amides is 1. The van der Waals surface area contributed by atoms with Crippen LogP contribution >= 0.6 is 12.2 Å². The smallest absolute Gasteiger partial charge is 0.256 e. The Hall–Kier alpha value is -2.56. The number of carbonyl (C=O) groups is 1. The standard InChI is InChI=1S/C19H23FN4O3S2/c1-4-14-9-7-8-12(2)17(14)21-19(28)23-22-18(25)13(3)24-29(26,27)16-11-6-5-10-15(16)20/h5-11,13,24H,4H2,1-3H3,(H,22,25)(H2,21,23,28). The van der Waals surface area contributed by atoms with Crippen molar-refractivity contribution in [3.63, 3.8) is 0 Å². The van der Waals surface area contributed by atoms with E-state index in [-0.39, 0.29) is 5.11 Å². The summed E-state index contributed by atoms with van der Waals surface area (Å²) in [5, 5.41) is 3.17. The first-order valence-corrected chi connectivity index (χ1v) is 10.8. The van der Waals surface area contributed by atoms with E-state index in [0.717, 1.165) is 35.4 Å². The van der Waals surface area contributed by atoms with Crippen molar-refractivity contribution in [2.45, 2.75) is 38.1 Å². The molecule has 2 aromatic rings. The number of sulfonamides is 1. The number of para-hydroxylation sites is 1. The summed E-state index contributed by atoms with van der Waals surface area (Å²) in [5.41, 5.74) is 7.77. The van der Waals surface area contributed by atoms with Crippen LogP contribution in [0.1, 0.15) is 25.0 Å². The summed E-state index contributed by atoms with van der Waals surface area (Å²) in [5.74, 6) is -1.59. The van der Waals surface area contributed by atoms with Crippen molar-refractivity contribution in [1.29, 1.82) is 0 Å². The van der Waals surface area contributed by atoms with E-state index < -0.39 is 32.7 Å². The second kappa shape index (κ2) is 9.77. The van der Waals surface area contributed by atoms with Crippen LogP contribution in [0.5, 0.6) is 0 Å². The Morgan fingerprint density at radius 1 is 1.14 bits per heavy atom. The van der Waals surface area contributed by atoms with Crippen LogP contribution in [0.3, 0.4) is 0 Å². The van der Waals surface area contributed by atoms with Gasteiger partial charge in [-0.2, -0.15) is 4.72 Å². The van der Waals surface area contributed by atoms with Crippen LogP contribution in [0.4, 0.5) is 10.1 Å². The molecule has 2 aromatic carbocycles. The molecule has 0 aliphatic heterocycles. The zero-order valence-corrected chi connectivity index (χ0v) is 17.9. The van der Waals surface area contributed by atoms with Crippen LogP contribution in [0.15, 0.2) is 47.4 Å². The molecular formula is C19H23FN4O3S2. The van der Waals surface area contributed by atoms with Crippen LogP contribution in [0, 0.1) is 12.7 Å². The van der Waals surface area contributed by atoms with Gasteiger partial charge in [-0.15, -0.1) is 0 Å². The van der Waals surface area contributed by atoms with Crippen LogP contribution in [0.25, 0.3) is 0 Å². The summed E-state index contributed by atoms with van der Waals surface area (Å²) in [6, 6.07) is 9.60. The number of rotatable bonds is 6. The molecule has 0 bridgehead atoms. The lowest BCUT2D eigenvalue weighted by atomic mass is 10.1. The largest absolute Gasteiger partial charge is 0.331 e. The fourth-order valence-corrected chi connectivity index (χ4v) is 4.02. The molecule has 2 rings (SSSR count). The number of anilines is 1. The number of benzene rings is 2. The molecule has 0 fully saturated rings. The van der Waals surface area contributed by atoms with Gasteiger partial charge in [-0.3, -0.25) is 15.6 Å². The average Bonchev–Trinajstić information content (AvgIpc) is 2.67. The van der Waals surface area contributed by atoms with Gasteiger partial charge in [0.25, 0.3) is 5.91 Å². The van der Waals surface area contributed by atoms with Gasteiger partial charge >= 0.3 is 0 Å². The summed E-state index contributed by atoms with van der Waals surface area (Å²) in [7, 11) is -4.20. The fourth-order valence-electron chi connectivity index (χ4n) is 2.59. The molecule has 7 nitrogen and oxygen atoms in total. The van der Waals surface area contributed by atoms with E-state index in [9.17, 15) is 17.6 Å². The lowest BCUT2D eigenvalue weighted by Gasteiger charge is -2.18. The van der Waals surface area contributed by atoms with Crippen molar-refractivity contribution in [1.82, 2.24) is 15.6 Å². The zero-order valence-electron chi connectivity index (χ0n) is 16.2. The van der Waals surface area contributed by atoms with Crippen molar-refractivity contribution < 1.29 is 17.6 Å². The Morgan fingerprint density at radius 2 is 1.83 bits per heavy atom. The molecule has 0 aliphatic carbocycles. The van der Waals surface area contributed by atoms with Gasteiger partial charge in [-0.05, 0) is 55.7 Å². The highest BCUT2D eigenvalue weighted by molar-refractivity contribution is 7.89. The van der Waals surface area contributed by atoms with E-state index in [1.54, 1.807) is 0 Å². The maximum absolute atomic E-state index is 13.7. The summed E-state index contributed by atoms with van der Waals surface area (Å²) in [6.07, 6.45) is 0.799. The van der Waals surface area contributed by atoms with E-state index >= 15 is 0 Å². The summed E-state index contributed by atoms with van der Waals surface area (Å²) >= 11 is 5.19. The van der Waals surface area contributed by atoms with Crippen molar-refractivity contribution in [2.24, 2.45) is 0 Å². The third kappa shape index (κ3) is 5.96. The first-order valence-electron chi connectivity index (χ1n) is 8.88. The van der Waals surface area contributed by atoms with Crippen LogP contribution in [-0.4, -0.2) is 25.5 Å². The number of nitrogens with one attached hydrogen (secondary N) is 4. The minimum Gasteiger partial charge on any atom is -0.331 e. The number of halogens is 1. The summed E-state index contributed by atoms with van der Waals surface area (Å²) < 4.78 is 40.4. The van der Waals surface area contributed by atoms with Gasteiger partial charge in [-0.25, -0.2) is 12.8 Å². The number of thiocarbonyl (C=S) groups is 1. The van der Waals surface area contributed by atoms with Gasteiger partial charge < -0.3 is 5.32 Å². The highest BCUT2D eigenvalue weighted by Gasteiger charge is 2.24. The fraction of sp³-hybridized carbons (Fsp3) is 0.263. The lowest BCUT2D eigenvalue weighted by Crippen LogP contribution is -2.52. The minimum absolute atomic E-state index is 0.145. The Kier molecular flexibility index (Phi) is 7.66. The van der Waals surface area contributed by atoms with Gasteiger partial charge in [0, 0.05) is 5.69 Å². The second-order valence-electron chi connectivity index (χ2n) is 6.30. The maximum Gasteiger partial charge on any atom is 0.256 e. The topological polar surface area (TPSA) is 99.3 Å². The molecule has 0 aliphatic rings. The number of hydrazine groups is 1. The van der Waals surface area contributed by atoms with Gasteiger partial charge in [0.1, 0.15) is 10.7 Å². The normalized spacial score (nSPS) is 12.1. The SMILES string of the molecule is CCc1cccc(C)c1NC(=S)NNC(=O)C(C)NS(=O)(=O)c1ccccc1F. The maximum atomic E-state index is 13.7. The Labute approximate surface area is 175 Å². The Balaban J connectivity index is 1.95. The van der Waals surface area contributed by atoms with E-state index in [1.165, 1.54) is 19.1 Å². The predicted octanol–water partition coefficient (Wildman–Crippen LogP) is 2.38. The molecule has 0 heterocycles. The summed E-state index contributed by atoms with van der Waals surface area (Å²) in [4.78, 5) is 11.7. The average molecular weight is 439 g/mol. The van der Waals surface area contributed by atoms with Crippen LogP contribution < -0.4 is 20.9 Å². The monoisotopic (exact) mass is 438 g/mol. The van der Waals surface area contributed by atoms with Gasteiger partial charge in [0.15, 0.2) is 5.11 Å². The molecule has 0 radical (unpaired) electrons. The molecular weight excluding hydrogens is 415 g/mol. The van der Waals surface area contributed by atoms with Crippen molar-refractivity contribution in [3.05, 3.63) is 59.4 Å². The van der Waals surface area contributed by atoms with E-state index in [4.69, 9.17) is 12.2 Å². The molecule has 0 spiro atoms. The second-order valence-corrected chi connectivity index (χ2v) is 8.40. The van der Waals surface area contributed by atoms with E-state index in [1.807, 2.05) is 32.0 Å². The molecule has 10 heteroatoms. The van der Waals surface area contributed by atoms with Gasteiger partial charge in [0.2, 0.25) is 10.0 Å². The van der Waals surface area contributed by atoms with E-state index in [2.05, 4.69) is 20.9 Å². The third-order valence-electron chi connectivity index (χ3n) is 4.13. The number of hydrogen-bond donors (Lipinski definition) is 4. The van der Waals surface area contributed by atoms with Gasteiger partial charge in [0.05, 0.1) is 6.04 Å². The Bertz CT molecular complexity index is 1010. The van der Waals surface area contributed by atoms with Crippen molar-refractivity contribution >= 4 is 38.9 Å². The first kappa shape index (κ1) is 22.7. The molecule has 0 saturated heterocycles. The van der Waals surface area contributed by atoms with Crippen molar-refractivity contribution in [3.8, 4) is 0 Å². The number of carbonyl (C=O) groups excluding carboxylic acids is 1. The molecule has 29 heavy (non-hydrogen) atoms. The number of hydrogen-bond acceptors (Lipinski definition) is 4. The molecule has 0 aromatic heterocycles. The molecule has 156 valence electrons. The molecule has 1 amide bonds. The van der Waals surface area contributed by atoms with Gasteiger partial charge in [-0.1, -0.05) is 37.3 Å². The van der Waals surface area contributed by atoms with Crippen LogP contribution in [0.2, 0.25) is 0 Å². The molecule has 1 unspecified atom stereocenters. The molecule has 0 saturated carbocycles. The molecule has 1 atom stereocenters. The number of aryl methyl sites for hydroxylation is 2. The lowest BCUT2D eigenvalue weighted by molar-refractivity contribution is -0.122. The van der Waals surface area contributed by atoms with Crippen LogP contribution in [-0.2, 0) is 21.2 Å². The zero-order chi connectivity index (χ0) is 21.6. The highest BCUT2D eigenvalue weighted by Crippen LogP contribution is 2.20. The minimum atomic E-state index is -4.20.